The molecular formula is C19H29N3O2. The lowest BCUT2D eigenvalue weighted by molar-refractivity contribution is -0.121. The maximum atomic E-state index is 12.1. The molecule has 1 fully saturated rings. The Kier molecular flexibility index (Phi) is 7.92. The summed E-state index contributed by atoms with van der Waals surface area (Å²) in [7, 11) is 0. The Morgan fingerprint density at radius 1 is 1.12 bits per heavy atom. The summed E-state index contributed by atoms with van der Waals surface area (Å²) in [6, 6.07) is 7.66. The van der Waals surface area contributed by atoms with Crippen LogP contribution in [-0.2, 0) is 11.2 Å². The summed E-state index contributed by atoms with van der Waals surface area (Å²) in [6.07, 6.45) is 2.46. The van der Waals surface area contributed by atoms with Gasteiger partial charge in [0, 0.05) is 51.1 Å². The average Bonchev–Trinajstić information content (AvgIpc) is 2.64. The number of benzene rings is 1. The Labute approximate surface area is 144 Å². The van der Waals surface area contributed by atoms with Gasteiger partial charge in [0.05, 0.1) is 0 Å². The summed E-state index contributed by atoms with van der Waals surface area (Å²) in [5, 5.41) is 6.24. The van der Waals surface area contributed by atoms with Crippen LogP contribution in [0.15, 0.2) is 24.3 Å². The Balaban J connectivity index is 1.58. The number of rotatable bonds is 9. The highest BCUT2D eigenvalue weighted by Gasteiger charge is 2.10. The quantitative estimate of drug-likeness (QED) is 0.533. The molecule has 0 atom stereocenters. The van der Waals surface area contributed by atoms with Crippen molar-refractivity contribution in [1.29, 1.82) is 0 Å². The lowest BCUT2D eigenvalue weighted by Gasteiger charge is -2.27. The van der Waals surface area contributed by atoms with Crippen molar-refractivity contribution in [2.75, 3.05) is 39.3 Å². The normalized spacial score (nSPS) is 15.2. The summed E-state index contributed by atoms with van der Waals surface area (Å²) >= 11 is 0. The highest BCUT2D eigenvalue weighted by atomic mass is 16.2. The molecule has 1 aliphatic heterocycles. The summed E-state index contributed by atoms with van der Waals surface area (Å²) in [4.78, 5) is 26.3. The van der Waals surface area contributed by atoms with Gasteiger partial charge in [-0.1, -0.05) is 31.2 Å². The average molecular weight is 331 g/mol. The van der Waals surface area contributed by atoms with Gasteiger partial charge in [0.1, 0.15) is 0 Å². The number of carbonyl (C=O) groups is 2. The van der Waals surface area contributed by atoms with Gasteiger partial charge < -0.3 is 15.5 Å². The van der Waals surface area contributed by atoms with E-state index in [4.69, 9.17) is 0 Å². The molecule has 1 amide bonds. The van der Waals surface area contributed by atoms with Crippen molar-refractivity contribution in [3.63, 3.8) is 0 Å². The van der Waals surface area contributed by atoms with E-state index in [-0.39, 0.29) is 24.5 Å². The maximum Gasteiger partial charge on any atom is 0.220 e. The first-order valence-corrected chi connectivity index (χ1v) is 9.01. The third-order valence-electron chi connectivity index (χ3n) is 4.45. The second kappa shape index (κ2) is 10.2. The van der Waals surface area contributed by atoms with Crippen LogP contribution in [-0.4, -0.2) is 55.9 Å². The van der Waals surface area contributed by atoms with Crippen LogP contribution in [0.3, 0.4) is 0 Å². The van der Waals surface area contributed by atoms with E-state index in [1.165, 1.54) is 5.56 Å². The molecule has 2 N–H and O–H groups in total. The Morgan fingerprint density at radius 3 is 2.50 bits per heavy atom. The van der Waals surface area contributed by atoms with Crippen LogP contribution in [0, 0.1) is 0 Å². The lowest BCUT2D eigenvalue weighted by atomic mass is 10.0. The molecule has 0 aromatic heterocycles. The Bertz CT molecular complexity index is 522. The number of hydrogen-bond acceptors (Lipinski definition) is 4. The standard InChI is InChI=1S/C19H29N3O2/c1-2-16-4-6-17(7-5-16)18(23)8-9-19(24)21-10-3-13-22-14-11-20-12-15-22/h4-7,20H,2-3,8-15H2,1H3,(H,21,24). The van der Waals surface area contributed by atoms with E-state index in [0.717, 1.165) is 45.6 Å². The van der Waals surface area contributed by atoms with Gasteiger partial charge in [-0.05, 0) is 24.9 Å². The number of nitrogens with zero attached hydrogens (tertiary/aromatic N) is 1. The second-order valence-electron chi connectivity index (χ2n) is 6.27. The van der Waals surface area contributed by atoms with E-state index in [1.54, 1.807) is 0 Å². The number of nitrogens with one attached hydrogen (secondary N) is 2. The molecule has 1 heterocycles. The molecule has 0 radical (unpaired) electrons. The predicted molar refractivity (Wildman–Crippen MR) is 96.3 cm³/mol. The molecule has 24 heavy (non-hydrogen) atoms. The predicted octanol–water partition coefficient (Wildman–Crippen LogP) is 1.62. The summed E-state index contributed by atoms with van der Waals surface area (Å²) in [6.45, 7) is 8.05. The Hall–Kier alpha value is -1.72. The van der Waals surface area contributed by atoms with Gasteiger partial charge in [-0.25, -0.2) is 0 Å². The zero-order chi connectivity index (χ0) is 17.2. The molecule has 1 aromatic rings. The first kappa shape index (κ1) is 18.6. The lowest BCUT2D eigenvalue weighted by Crippen LogP contribution is -2.44. The van der Waals surface area contributed by atoms with E-state index < -0.39 is 0 Å². The van der Waals surface area contributed by atoms with Crippen LogP contribution in [0.1, 0.15) is 42.1 Å². The van der Waals surface area contributed by atoms with Crippen LogP contribution in [0.4, 0.5) is 0 Å². The molecule has 5 nitrogen and oxygen atoms in total. The van der Waals surface area contributed by atoms with E-state index >= 15 is 0 Å². The zero-order valence-corrected chi connectivity index (χ0v) is 14.6. The van der Waals surface area contributed by atoms with Crippen molar-refractivity contribution in [2.24, 2.45) is 0 Å². The fraction of sp³-hybridized carbons (Fsp3) is 0.579. The third kappa shape index (κ3) is 6.42. The van der Waals surface area contributed by atoms with Crippen molar-refractivity contribution in [3.05, 3.63) is 35.4 Å². The number of hydrogen-bond donors (Lipinski definition) is 2. The first-order chi connectivity index (χ1) is 11.7. The van der Waals surface area contributed by atoms with E-state index in [2.05, 4.69) is 22.5 Å². The van der Waals surface area contributed by atoms with Crippen molar-refractivity contribution >= 4 is 11.7 Å². The molecule has 1 aromatic carbocycles. The number of amides is 1. The minimum atomic E-state index is -0.0335. The van der Waals surface area contributed by atoms with Crippen molar-refractivity contribution in [2.45, 2.75) is 32.6 Å². The molecule has 0 unspecified atom stereocenters. The van der Waals surface area contributed by atoms with E-state index in [0.29, 0.717) is 12.1 Å². The summed E-state index contributed by atoms with van der Waals surface area (Å²) < 4.78 is 0. The van der Waals surface area contributed by atoms with Crippen LogP contribution >= 0.6 is 0 Å². The largest absolute Gasteiger partial charge is 0.356 e. The number of carbonyl (C=O) groups excluding carboxylic acids is 2. The molecule has 132 valence electrons. The molecule has 1 saturated heterocycles. The number of piperazine rings is 1. The maximum absolute atomic E-state index is 12.1. The van der Waals surface area contributed by atoms with Crippen LogP contribution in [0.2, 0.25) is 0 Å². The molecule has 1 aliphatic rings. The number of Topliss-reactive ketones (excluding diaryl/α,β-unsaturated/α-hetero) is 1. The Morgan fingerprint density at radius 2 is 1.83 bits per heavy atom. The van der Waals surface area contributed by atoms with Crippen molar-refractivity contribution in [3.8, 4) is 0 Å². The van der Waals surface area contributed by atoms with Crippen molar-refractivity contribution < 1.29 is 9.59 Å². The van der Waals surface area contributed by atoms with Gasteiger partial charge in [-0.3, -0.25) is 9.59 Å². The van der Waals surface area contributed by atoms with E-state index in [1.807, 2.05) is 24.3 Å². The minimum absolute atomic E-state index is 0.0335. The summed E-state index contributed by atoms with van der Waals surface area (Å²) in [5.41, 5.74) is 1.91. The molecule has 0 spiro atoms. The smallest absolute Gasteiger partial charge is 0.220 e. The number of aryl methyl sites for hydroxylation is 1. The second-order valence-corrected chi connectivity index (χ2v) is 6.27. The zero-order valence-electron chi connectivity index (χ0n) is 14.6. The number of ketones is 1. The fourth-order valence-corrected chi connectivity index (χ4v) is 2.85. The molecule has 0 saturated carbocycles. The summed E-state index contributed by atoms with van der Waals surface area (Å²) in [5.74, 6) is 0.00228. The van der Waals surface area contributed by atoms with Gasteiger partial charge in [0.2, 0.25) is 5.91 Å². The van der Waals surface area contributed by atoms with Gasteiger partial charge in [0.25, 0.3) is 0 Å². The van der Waals surface area contributed by atoms with Crippen LogP contribution in [0.5, 0.6) is 0 Å². The van der Waals surface area contributed by atoms with Crippen molar-refractivity contribution in [1.82, 2.24) is 15.5 Å². The van der Waals surface area contributed by atoms with Gasteiger partial charge in [0.15, 0.2) is 5.78 Å². The highest BCUT2D eigenvalue weighted by Crippen LogP contribution is 2.08. The molecule has 0 aliphatic carbocycles. The molecule has 2 rings (SSSR count). The molecule has 5 heteroatoms. The fourth-order valence-electron chi connectivity index (χ4n) is 2.85. The molecule has 0 bridgehead atoms. The third-order valence-corrected chi connectivity index (χ3v) is 4.45. The van der Waals surface area contributed by atoms with Gasteiger partial charge >= 0.3 is 0 Å². The van der Waals surface area contributed by atoms with Gasteiger partial charge in [-0.2, -0.15) is 0 Å². The molecular weight excluding hydrogens is 302 g/mol. The monoisotopic (exact) mass is 331 g/mol. The SMILES string of the molecule is CCc1ccc(C(=O)CCC(=O)NCCCN2CCNCC2)cc1. The van der Waals surface area contributed by atoms with Gasteiger partial charge in [-0.15, -0.1) is 0 Å². The highest BCUT2D eigenvalue weighted by molar-refractivity contribution is 5.97. The first-order valence-electron chi connectivity index (χ1n) is 9.01. The van der Waals surface area contributed by atoms with Crippen LogP contribution < -0.4 is 10.6 Å². The van der Waals surface area contributed by atoms with Crippen LogP contribution in [0.25, 0.3) is 0 Å². The minimum Gasteiger partial charge on any atom is -0.356 e. The topological polar surface area (TPSA) is 61.4 Å². The van der Waals surface area contributed by atoms with E-state index in [9.17, 15) is 9.59 Å².